The lowest BCUT2D eigenvalue weighted by molar-refractivity contribution is 0.117. The lowest BCUT2D eigenvalue weighted by atomic mass is 10.2. The first-order chi connectivity index (χ1) is 8.70. The summed E-state index contributed by atoms with van der Waals surface area (Å²) in [5, 5.41) is 3.41. The maximum atomic E-state index is 5.63. The van der Waals surface area contributed by atoms with Crippen LogP contribution in [-0.2, 0) is 11.3 Å². The molecule has 0 atom stereocenters. The van der Waals surface area contributed by atoms with Crippen LogP contribution < -0.4 is 5.32 Å². The number of nitrogens with one attached hydrogen (secondary N) is 1. The predicted molar refractivity (Wildman–Crippen MR) is 77.4 cm³/mol. The molecular weight excluding hydrogens is 222 g/mol. The van der Waals surface area contributed by atoms with Crippen molar-refractivity contribution >= 4 is 0 Å². The highest BCUT2D eigenvalue weighted by molar-refractivity contribution is 5.13. The van der Waals surface area contributed by atoms with Crippen molar-refractivity contribution in [2.45, 2.75) is 40.2 Å². The molecular formula is C16H25NO. The number of hydrogen-bond donors (Lipinski definition) is 1. The van der Waals surface area contributed by atoms with Gasteiger partial charge in [-0.2, -0.15) is 0 Å². The van der Waals surface area contributed by atoms with E-state index in [-0.39, 0.29) is 0 Å². The van der Waals surface area contributed by atoms with Gasteiger partial charge < -0.3 is 10.1 Å². The summed E-state index contributed by atoms with van der Waals surface area (Å²) in [4.78, 5) is 0. The molecule has 0 aliphatic heterocycles. The second kappa shape index (κ2) is 8.76. The van der Waals surface area contributed by atoms with E-state index >= 15 is 0 Å². The molecule has 0 saturated carbocycles. The third-order valence-corrected chi connectivity index (χ3v) is 2.97. The second-order valence-electron chi connectivity index (χ2n) is 4.80. The van der Waals surface area contributed by atoms with E-state index in [0.29, 0.717) is 0 Å². The summed E-state index contributed by atoms with van der Waals surface area (Å²) in [5.74, 6) is 0. The molecule has 0 saturated heterocycles. The van der Waals surface area contributed by atoms with Crippen LogP contribution in [0.5, 0.6) is 0 Å². The molecule has 0 aliphatic carbocycles. The zero-order chi connectivity index (χ0) is 13.2. The molecule has 100 valence electrons. The fourth-order valence-electron chi connectivity index (χ4n) is 1.55. The minimum atomic E-state index is 0.723. The molecule has 0 spiro atoms. The van der Waals surface area contributed by atoms with Gasteiger partial charge in [0.25, 0.3) is 0 Å². The van der Waals surface area contributed by atoms with Crippen LogP contribution in [0.15, 0.2) is 41.6 Å². The molecule has 1 aromatic carbocycles. The molecule has 0 radical (unpaired) electrons. The van der Waals surface area contributed by atoms with Gasteiger partial charge >= 0.3 is 0 Å². The molecule has 1 aromatic rings. The molecule has 0 aliphatic rings. The molecule has 0 amide bonds. The molecule has 2 nitrogen and oxygen atoms in total. The fraction of sp³-hybridized carbons (Fsp3) is 0.500. The lowest BCUT2D eigenvalue weighted by Crippen LogP contribution is -2.14. The molecule has 18 heavy (non-hydrogen) atoms. The monoisotopic (exact) mass is 247 g/mol. The Morgan fingerprint density at radius 3 is 2.44 bits per heavy atom. The van der Waals surface area contributed by atoms with Crippen molar-refractivity contribution in [1.82, 2.24) is 5.32 Å². The Labute approximate surface area is 111 Å². The average Bonchev–Trinajstić information content (AvgIpc) is 2.38. The first kappa shape index (κ1) is 14.8. The first-order valence-corrected chi connectivity index (χ1v) is 6.70. The van der Waals surface area contributed by atoms with Gasteiger partial charge in [-0.15, -0.1) is 0 Å². The topological polar surface area (TPSA) is 21.3 Å². The minimum absolute atomic E-state index is 0.723. The van der Waals surface area contributed by atoms with Gasteiger partial charge in [0, 0.05) is 18.8 Å². The maximum absolute atomic E-state index is 5.63. The molecule has 1 rings (SSSR count). The van der Waals surface area contributed by atoms with Crippen molar-refractivity contribution in [1.29, 1.82) is 0 Å². The van der Waals surface area contributed by atoms with Crippen molar-refractivity contribution in [3.63, 3.8) is 0 Å². The third-order valence-electron chi connectivity index (χ3n) is 2.97. The molecule has 0 unspecified atom stereocenters. The van der Waals surface area contributed by atoms with Gasteiger partial charge in [-0.3, -0.25) is 0 Å². The second-order valence-corrected chi connectivity index (χ2v) is 4.80. The lowest BCUT2D eigenvalue weighted by Gasteiger charge is -2.08. The Kier molecular flexibility index (Phi) is 7.19. The summed E-state index contributed by atoms with van der Waals surface area (Å²) in [6.07, 6.45) is 2.26. The summed E-state index contributed by atoms with van der Waals surface area (Å²) in [6.45, 7) is 8.98. The summed E-state index contributed by atoms with van der Waals surface area (Å²) < 4.78 is 5.63. The largest absolute Gasteiger partial charge is 0.389 e. The van der Waals surface area contributed by atoms with E-state index < -0.39 is 0 Å². The van der Waals surface area contributed by atoms with Gasteiger partial charge in [-0.25, -0.2) is 0 Å². The number of benzene rings is 1. The van der Waals surface area contributed by atoms with E-state index in [0.717, 1.165) is 32.6 Å². The van der Waals surface area contributed by atoms with Crippen LogP contribution >= 0.6 is 0 Å². The SMILES string of the molecule is CC(C)=C(C)NCCCCOCc1ccccc1. The van der Waals surface area contributed by atoms with Gasteiger partial charge in [-0.1, -0.05) is 35.9 Å². The third kappa shape index (κ3) is 6.45. The van der Waals surface area contributed by atoms with Gasteiger partial charge in [0.15, 0.2) is 0 Å². The van der Waals surface area contributed by atoms with Crippen LogP contribution in [0, 0.1) is 0 Å². The average molecular weight is 247 g/mol. The predicted octanol–water partition coefficient (Wildman–Crippen LogP) is 3.89. The van der Waals surface area contributed by atoms with E-state index in [9.17, 15) is 0 Å². The summed E-state index contributed by atoms with van der Waals surface area (Å²) in [7, 11) is 0. The van der Waals surface area contributed by atoms with Crippen LogP contribution in [0.4, 0.5) is 0 Å². The zero-order valence-electron chi connectivity index (χ0n) is 11.8. The highest BCUT2D eigenvalue weighted by Gasteiger charge is 1.94. The quantitative estimate of drug-likeness (QED) is 0.704. The molecule has 0 heterocycles. The van der Waals surface area contributed by atoms with Crippen molar-refractivity contribution in [2.75, 3.05) is 13.2 Å². The van der Waals surface area contributed by atoms with E-state index in [4.69, 9.17) is 4.74 Å². The molecule has 2 heteroatoms. The Morgan fingerprint density at radius 2 is 1.78 bits per heavy atom. The van der Waals surface area contributed by atoms with Crippen LogP contribution in [0.3, 0.4) is 0 Å². The standard InChI is InChI=1S/C16H25NO/c1-14(2)15(3)17-11-7-8-12-18-13-16-9-5-4-6-10-16/h4-6,9-10,17H,7-8,11-13H2,1-3H3. The fourth-order valence-corrected chi connectivity index (χ4v) is 1.55. The Balaban J connectivity index is 1.98. The maximum Gasteiger partial charge on any atom is 0.0716 e. The Morgan fingerprint density at radius 1 is 1.06 bits per heavy atom. The molecule has 0 fully saturated rings. The molecule has 1 N–H and O–H groups in total. The molecule has 0 bridgehead atoms. The number of allylic oxidation sites excluding steroid dienone is 2. The Hall–Kier alpha value is -1.28. The van der Waals surface area contributed by atoms with Crippen molar-refractivity contribution in [3.05, 3.63) is 47.2 Å². The minimum Gasteiger partial charge on any atom is -0.389 e. The highest BCUT2D eigenvalue weighted by atomic mass is 16.5. The molecule has 0 aromatic heterocycles. The van der Waals surface area contributed by atoms with Gasteiger partial charge in [-0.05, 0) is 39.2 Å². The van der Waals surface area contributed by atoms with E-state index in [1.54, 1.807) is 0 Å². The highest BCUT2D eigenvalue weighted by Crippen LogP contribution is 2.02. The van der Waals surface area contributed by atoms with Crippen molar-refractivity contribution < 1.29 is 4.74 Å². The number of ether oxygens (including phenoxy) is 1. The summed E-state index contributed by atoms with van der Waals surface area (Å²) >= 11 is 0. The van der Waals surface area contributed by atoms with Gasteiger partial charge in [0.05, 0.1) is 6.61 Å². The number of hydrogen-bond acceptors (Lipinski definition) is 2. The smallest absolute Gasteiger partial charge is 0.0716 e. The normalized spacial score (nSPS) is 10.2. The summed E-state index contributed by atoms with van der Waals surface area (Å²) in [6, 6.07) is 10.3. The summed E-state index contributed by atoms with van der Waals surface area (Å²) in [5.41, 5.74) is 3.89. The van der Waals surface area contributed by atoms with Crippen molar-refractivity contribution in [2.24, 2.45) is 0 Å². The van der Waals surface area contributed by atoms with Crippen LogP contribution in [0.2, 0.25) is 0 Å². The van der Waals surface area contributed by atoms with Gasteiger partial charge in [0.1, 0.15) is 0 Å². The van der Waals surface area contributed by atoms with Crippen LogP contribution in [0.25, 0.3) is 0 Å². The zero-order valence-corrected chi connectivity index (χ0v) is 11.8. The van der Waals surface area contributed by atoms with E-state index in [1.807, 2.05) is 18.2 Å². The van der Waals surface area contributed by atoms with Gasteiger partial charge in [0.2, 0.25) is 0 Å². The van der Waals surface area contributed by atoms with Crippen molar-refractivity contribution in [3.8, 4) is 0 Å². The number of rotatable bonds is 8. The van der Waals surface area contributed by atoms with Crippen LogP contribution in [-0.4, -0.2) is 13.2 Å². The van der Waals surface area contributed by atoms with E-state index in [2.05, 4.69) is 38.2 Å². The number of unbranched alkanes of at least 4 members (excludes halogenated alkanes) is 1. The van der Waals surface area contributed by atoms with Crippen LogP contribution in [0.1, 0.15) is 39.2 Å². The van der Waals surface area contributed by atoms with E-state index in [1.165, 1.54) is 16.8 Å². The first-order valence-electron chi connectivity index (χ1n) is 6.70. The Bertz CT molecular complexity index is 353.